The SMILES string of the molecule is COCCCNC(=O)CCc1cc2ccc(OC)cc2[nH]c1=O. The maximum Gasteiger partial charge on any atom is 0.251 e. The Morgan fingerprint density at radius 3 is 2.83 bits per heavy atom. The normalized spacial score (nSPS) is 10.7. The van der Waals surface area contributed by atoms with Crippen molar-refractivity contribution in [3.8, 4) is 5.75 Å². The van der Waals surface area contributed by atoms with E-state index in [-0.39, 0.29) is 17.9 Å². The third kappa shape index (κ3) is 4.82. The lowest BCUT2D eigenvalue weighted by Gasteiger charge is -2.06. The Balaban J connectivity index is 1.99. The second-order valence-corrected chi connectivity index (χ2v) is 5.27. The summed E-state index contributed by atoms with van der Waals surface area (Å²) < 4.78 is 10.1. The van der Waals surface area contributed by atoms with Gasteiger partial charge in [-0.3, -0.25) is 9.59 Å². The number of H-pyrrole nitrogens is 1. The molecule has 0 saturated carbocycles. The first-order chi connectivity index (χ1) is 11.1. The van der Waals surface area contributed by atoms with Crippen LogP contribution in [0.1, 0.15) is 18.4 Å². The van der Waals surface area contributed by atoms with Crippen LogP contribution in [0.3, 0.4) is 0 Å². The molecule has 0 aliphatic heterocycles. The summed E-state index contributed by atoms with van der Waals surface area (Å²) in [5, 5.41) is 3.73. The first-order valence-corrected chi connectivity index (χ1v) is 7.59. The van der Waals surface area contributed by atoms with Crippen molar-refractivity contribution in [3.05, 3.63) is 40.2 Å². The van der Waals surface area contributed by atoms with Gasteiger partial charge >= 0.3 is 0 Å². The summed E-state index contributed by atoms with van der Waals surface area (Å²) in [6, 6.07) is 7.33. The van der Waals surface area contributed by atoms with Gasteiger partial charge in [0.25, 0.3) is 5.56 Å². The molecule has 2 N–H and O–H groups in total. The Labute approximate surface area is 134 Å². The number of carbonyl (C=O) groups excluding carboxylic acids is 1. The van der Waals surface area contributed by atoms with E-state index in [2.05, 4.69) is 10.3 Å². The topological polar surface area (TPSA) is 80.4 Å². The van der Waals surface area contributed by atoms with Crippen LogP contribution in [-0.4, -0.2) is 38.3 Å². The fourth-order valence-corrected chi connectivity index (χ4v) is 2.32. The minimum absolute atomic E-state index is 0.0599. The molecular weight excluding hydrogens is 296 g/mol. The van der Waals surface area contributed by atoms with E-state index >= 15 is 0 Å². The second kappa shape index (κ2) is 8.33. The molecule has 1 aromatic heterocycles. The highest BCUT2D eigenvalue weighted by Crippen LogP contribution is 2.18. The summed E-state index contributed by atoms with van der Waals surface area (Å²) >= 11 is 0. The van der Waals surface area contributed by atoms with E-state index in [1.807, 2.05) is 18.2 Å². The Morgan fingerprint density at radius 2 is 2.09 bits per heavy atom. The van der Waals surface area contributed by atoms with Gasteiger partial charge in [-0.25, -0.2) is 0 Å². The van der Waals surface area contributed by atoms with E-state index in [9.17, 15) is 9.59 Å². The minimum atomic E-state index is -0.169. The number of methoxy groups -OCH3 is 2. The van der Waals surface area contributed by atoms with Gasteiger partial charge in [0.05, 0.1) is 12.6 Å². The molecule has 0 unspecified atom stereocenters. The van der Waals surface area contributed by atoms with E-state index in [1.54, 1.807) is 20.3 Å². The van der Waals surface area contributed by atoms with Crippen molar-refractivity contribution >= 4 is 16.8 Å². The van der Waals surface area contributed by atoms with Crippen LogP contribution >= 0.6 is 0 Å². The quantitative estimate of drug-likeness (QED) is 0.725. The maximum absolute atomic E-state index is 12.1. The molecule has 124 valence electrons. The molecule has 0 atom stereocenters. The van der Waals surface area contributed by atoms with E-state index in [0.717, 1.165) is 17.3 Å². The number of rotatable bonds is 8. The summed E-state index contributed by atoms with van der Waals surface area (Å²) in [4.78, 5) is 26.7. The van der Waals surface area contributed by atoms with Gasteiger partial charge in [-0.15, -0.1) is 0 Å². The summed E-state index contributed by atoms with van der Waals surface area (Å²) in [7, 11) is 3.21. The highest BCUT2D eigenvalue weighted by Gasteiger charge is 2.07. The van der Waals surface area contributed by atoms with Gasteiger partial charge in [0.15, 0.2) is 0 Å². The number of nitrogens with one attached hydrogen (secondary N) is 2. The van der Waals surface area contributed by atoms with Crippen LogP contribution in [0.15, 0.2) is 29.1 Å². The molecule has 0 spiro atoms. The number of hydrogen-bond donors (Lipinski definition) is 2. The molecule has 0 bridgehead atoms. The van der Waals surface area contributed by atoms with Gasteiger partial charge in [0, 0.05) is 38.3 Å². The van der Waals surface area contributed by atoms with Crippen LogP contribution in [0, 0.1) is 0 Å². The molecule has 0 aliphatic rings. The third-order valence-corrected chi connectivity index (χ3v) is 3.60. The Kier molecular flexibility index (Phi) is 6.17. The summed E-state index contributed by atoms with van der Waals surface area (Å²) in [6.07, 6.45) is 1.48. The van der Waals surface area contributed by atoms with Crippen molar-refractivity contribution in [1.29, 1.82) is 0 Å². The maximum atomic E-state index is 12.1. The monoisotopic (exact) mass is 318 g/mol. The van der Waals surface area contributed by atoms with Crippen LogP contribution in [-0.2, 0) is 16.0 Å². The molecule has 1 heterocycles. The predicted octanol–water partition coefficient (Wildman–Crippen LogP) is 1.62. The van der Waals surface area contributed by atoms with E-state index in [0.29, 0.717) is 30.9 Å². The number of aromatic amines is 1. The number of hydrogen-bond acceptors (Lipinski definition) is 4. The van der Waals surface area contributed by atoms with Gasteiger partial charge in [-0.05, 0) is 36.4 Å². The number of fused-ring (bicyclic) bond motifs is 1. The van der Waals surface area contributed by atoms with Crippen molar-refractivity contribution in [3.63, 3.8) is 0 Å². The van der Waals surface area contributed by atoms with Crippen molar-refractivity contribution in [2.45, 2.75) is 19.3 Å². The van der Waals surface area contributed by atoms with E-state index in [1.165, 1.54) is 0 Å². The van der Waals surface area contributed by atoms with Crippen LogP contribution < -0.4 is 15.6 Å². The standard InChI is InChI=1S/C17H22N2O4/c1-22-9-3-8-18-16(20)7-5-13-10-12-4-6-14(23-2)11-15(12)19-17(13)21/h4,6,10-11H,3,5,7-9H2,1-2H3,(H,18,20)(H,19,21). The van der Waals surface area contributed by atoms with Gasteiger partial charge < -0.3 is 19.8 Å². The Bertz CT molecular complexity index is 724. The fourth-order valence-electron chi connectivity index (χ4n) is 2.32. The molecule has 0 aliphatic carbocycles. The zero-order valence-corrected chi connectivity index (χ0v) is 13.5. The summed E-state index contributed by atoms with van der Waals surface area (Å²) in [5.41, 5.74) is 1.16. The molecule has 0 radical (unpaired) electrons. The number of amides is 1. The van der Waals surface area contributed by atoms with Crippen LogP contribution in [0.5, 0.6) is 5.75 Å². The zero-order chi connectivity index (χ0) is 16.7. The predicted molar refractivity (Wildman–Crippen MR) is 88.9 cm³/mol. The minimum Gasteiger partial charge on any atom is -0.497 e. The molecular formula is C17H22N2O4. The van der Waals surface area contributed by atoms with Crippen molar-refractivity contribution < 1.29 is 14.3 Å². The summed E-state index contributed by atoms with van der Waals surface area (Å²) in [6.45, 7) is 1.20. The Morgan fingerprint density at radius 1 is 1.26 bits per heavy atom. The lowest BCUT2D eigenvalue weighted by molar-refractivity contribution is -0.121. The van der Waals surface area contributed by atoms with E-state index in [4.69, 9.17) is 9.47 Å². The molecule has 23 heavy (non-hydrogen) atoms. The van der Waals surface area contributed by atoms with Crippen LogP contribution in [0.2, 0.25) is 0 Å². The first kappa shape index (κ1) is 17.0. The number of aromatic nitrogens is 1. The summed E-state index contributed by atoms with van der Waals surface area (Å²) in [5.74, 6) is 0.631. The molecule has 1 aromatic carbocycles. The molecule has 6 nitrogen and oxygen atoms in total. The number of pyridine rings is 1. The third-order valence-electron chi connectivity index (χ3n) is 3.60. The van der Waals surface area contributed by atoms with Gasteiger partial charge in [-0.1, -0.05) is 0 Å². The van der Waals surface area contributed by atoms with Gasteiger partial charge in [0.2, 0.25) is 5.91 Å². The van der Waals surface area contributed by atoms with Crippen LogP contribution in [0.4, 0.5) is 0 Å². The molecule has 0 saturated heterocycles. The smallest absolute Gasteiger partial charge is 0.251 e. The number of ether oxygens (including phenoxy) is 2. The molecule has 2 aromatic rings. The number of carbonyl (C=O) groups is 1. The van der Waals surface area contributed by atoms with Gasteiger partial charge in [0.1, 0.15) is 5.75 Å². The molecule has 1 amide bonds. The molecule has 6 heteroatoms. The van der Waals surface area contributed by atoms with Crippen molar-refractivity contribution in [1.82, 2.24) is 10.3 Å². The number of aryl methyl sites for hydroxylation is 1. The highest BCUT2D eigenvalue weighted by atomic mass is 16.5. The lowest BCUT2D eigenvalue weighted by atomic mass is 10.1. The first-order valence-electron chi connectivity index (χ1n) is 7.59. The van der Waals surface area contributed by atoms with Gasteiger partial charge in [-0.2, -0.15) is 0 Å². The average molecular weight is 318 g/mol. The lowest BCUT2D eigenvalue weighted by Crippen LogP contribution is -2.26. The second-order valence-electron chi connectivity index (χ2n) is 5.27. The molecule has 2 rings (SSSR count). The zero-order valence-electron chi connectivity index (χ0n) is 13.5. The highest BCUT2D eigenvalue weighted by molar-refractivity contribution is 5.81. The van der Waals surface area contributed by atoms with Crippen molar-refractivity contribution in [2.24, 2.45) is 0 Å². The van der Waals surface area contributed by atoms with Crippen LogP contribution in [0.25, 0.3) is 10.9 Å². The largest absolute Gasteiger partial charge is 0.497 e. The van der Waals surface area contributed by atoms with Crippen molar-refractivity contribution in [2.75, 3.05) is 27.4 Å². The van der Waals surface area contributed by atoms with E-state index < -0.39 is 0 Å². The average Bonchev–Trinajstić information content (AvgIpc) is 2.56. The fraction of sp³-hybridized carbons (Fsp3) is 0.412. The number of benzene rings is 1. The molecule has 0 fully saturated rings. The Hall–Kier alpha value is -2.34.